The van der Waals surface area contributed by atoms with Crippen LogP contribution in [0, 0.1) is 6.92 Å². The van der Waals surface area contributed by atoms with Gasteiger partial charge >= 0.3 is 0 Å². The lowest BCUT2D eigenvalue weighted by molar-refractivity contribution is 0.0932. The third-order valence-corrected chi connectivity index (χ3v) is 7.05. The zero-order chi connectivity index (χ0) is 20.3. The Morgan fingerprint density at radius 1 is 1.18 bits per heavy atom. The van der Waals surface area contributed by atoms with E-state index in [9.17, 15) is 13.2 Å². The summed E-state index contributed by atoms with van der Waals surface area (Å²) in [5.41, 5.74) is 2.22. The fraction of sp³-hybridized carbons (Fsp3) is 0.381. The predicted octanol–water partition coefficient (Wildman–Crippen LogP) is 2.76. The molecule has 0 saturated carbocycles. The minimum atomic E-state index is -3.61. The van der Waals surface area contributed by atoms with Gasteiger partial charge in [-0.2, -0.15) is 4.31 Å². The van der Waals surface area contributed by atoms with Crippen molar-refractivity contribution in [2.24, 2.45) is 0 Å². The van der Waals surface area contributed by atoms with Gasteiger partial charge in [0.15, 0.2) is 0 Å². The first-order valence-corrected chi connectivity index (χ1v) is 10.9. The Bertz CT molecular complexity index is 943. The summed E-state index contributed by atoms with van der Waals surface area (Å²) in [4.78, 5) is 12.8. The number of aryl methyl sites for hydroxylation is 1. The number of rotatable bonds is 7. The smallest absolute Gasteiger partial charge is 0.251 e. The molecule has 1 N–H and O–H groups in total. The fourth-order valence-corrected chi connectivity index (χ4v) is 4.87. The lowest BCUT2D eigenvalue weighted by atomic mass is 10.1. The molecule has 7 heteroatoms. The van der Waals surface area contributed by atoms with Gasteiger partial charge in [0.05, 0.1) is 11.4 Å². The molecule has 1 unspecified atom stereocenters. The molecule has 6 nitrogen and oxygen atoms in total. The number of ether oxygens (including phenoxy) is 1. The van der Waals surface area contributed by atoms with Crippen LogP contribution in [0.5, 0.6) is 5.75 Å². The summed E-state index contributed by atoms with van der Waals surface area (Å²) in [5.74, 6) is 0.555. The maximum absolute atomic E-state index is 12.7. The van der Waals surface area contributed by atoms with Gasteiger partial charge in [0.1, 0.15) is 11.9 Å². The number of fused-ring (bicyclic) bond motifs is 1. The molecule has 2 aromatic rings. The molecule has 0 bridgehead atoms. The molecule has 1 aliphatic rings. The number of para-hydroxylation sites is 1. The molecular formula is C21H26N2O4S. The van der Waals surface area contributed by atoms with E-state index in [-0.39, 0.29) is 16.9 Å². The van der Waals surface area contributed by atoms with Gasteiger partial charge in [-0.3, -0.25) is 4.79 Å². The highest BCUT2D eigenvalue weighted by atomic mass is 32.2. The summed E-state index contributed by atoms with van der Waals surface area (Å²) in [6, 6.07) is 12.5. The molecule has 1 heterocycles. The first-order chi connectivity index (χ1) is 13.4. The number of carbonyl (C=O) groups is 1. The molecule has 0 spiro atoms. The lowest BCUT2D eigenvalue weighted by Gasteiger charge is -2.19. The van der Waals surface area contributed by atoms with Crippen LogP contribution in [0.3, 0.4) is 0 Å². The van der Waals surface area contributed by atoms with Gasteiger partial charge in [-0.25, -0.2) is 8.42 Å². The second-order valence-electron chi connectivity index (χ2n) is 6.83. The monoisotopic (exact) mass is 402 g/mol. The van der Waals surface area contributed by atoms with E-state index in [1.165, 1.54) is 10.4 Å². The van der Waals surface area contributed by atoms with E-state index in [2.05, 4.69) is 5.32 Å². The molecule has 0 fully saturated rings. The topological polar surface area (TPSA) is 75.7 Å². The number of nitrogens with zero attached hydrogens (tertiary/aromatic N) is 1. The number of benzene rings is 2. The van der Waals surface area contributed by atoms with E-state index < -0.39 is 10.0 Å². The molecule has 0 radical (unpaired) electrons. The van der Waals surface area contributed by atoms with Gasteiger partial charge in [0.25, 0.3) is 5.91 Å². The Hall–Kier alpha value is -2.38. The van der Waals surface area contributed by atoms with E-state index in [0.29, 0.717) is 25.2 Å². The first-order valence-electron chi connectivity index (χ1n) is 9.50. The highest BCUT2D eigenvalue weighted by molar-refractivity contribution is 7.89. The second-order valence-corrected chi connectivity index (χ2v) is 8.77. The minimum absolute atomic E-state index is 0.121. The van der Waals surface area contributed by atoms with Crippen molar-refractivity contribution in [1.82, 2.24) is 9.62 Å². The number of hydrogen-bond donors (Lipinski definition) is 1. The predicted molar refractivity (Wildman–Crippen MR) is 108 cm³/mol. The third-order valence-electron chi connectivity index (χ3n) is 5.00. The molecule has 1 amide bonds. The summed E-state index contributed by atoms with van der Waals surface area (Å²) in [6.07, 6.45) is 0.621. The van der Waals surface area contributed by atoms with Crippen LogP contribution in [0.15, 0.2) is 47.4 Å². The largest absolute Gasteiger partial charge is 0.488 e. The maximum Gasteiger partial charge on any atom is 0.251 e. The Morgan fingerprint density at radius 3 is 2.57 bits per heavy atom. The molecule has 3 rings (SSSR count). The van der Waals surface area contributed by atoms with Crippen molar-refractivity contribution >= 4 is 15.9 Å². The normalized spacial score (nSPS) is 15.9. The number of nitrogens with one attached hydrogen (secondary N) is 1. The Morgan fingerprint density at radius 2 is 1.89 bits per heavy atom. The molecule has 0 aromatic heterocycles. The molecule has 2 aromatic carbocycles. The van der Waals surface area contributed by atoms with Crippen molar-refractivity contribution in [1.29, 1.82) is 0 Å². The molecule has 1 aliphatic heterocycles. The highest BCUT2D eigenvalue weighted by Crippen LogP contribution is 2.28. The average Bonchev–Trinajstić information content (AvgIpc) is 3.10. The Kier molecular flexibility index (Phi) is 6.05. The van der Waals surface area contributed by atoms with Crippen LogP contribution in [0.2, 0.25) is 0 Å². The molecule has 0 saturated heterocycles. The zero-order valence-electron chi connectivity index (χ0n) is 16.4. The van der Waals surface area contributed by atoms with Crippen molar-refractivity contribution in [2.45, 2.75) is 38.2 Å². The SMILES string of the molecule is CCN(CC)S(=O)(=O)c1ccc(C)c(C(=O)NCC2Cc3ccccc3O2)c1. The van der Waals surface area contributed by atoms with Crippen LogP contribution in [-0.4, -0.2) is 44.4 Å². The fourth-order valence-electron chi connectivity index (χ4n) is 3.39. The van der Waals surface area contributed by atoms with Crippen molar-refractivity contribution in [3.8, 4) is 5.75 Å². The van der Waals surface area contributed by atoms with Gasteiger partial charge < -0.3 is 10.1 Å². The molecule has 1 atom stereocenters. The number of amides is 1. The summed E-state index contributed by atoms with van der Waals surface area (Å²) in [6.45, 7) is 6.51. The van der Waals surface area contributed by atoms with Crippen LogP contribution in [0.25, 0.3) is 0 Å². The number of sulfonamides is 1. The molecular weight excluding hydrogens is 376 g/mol. The van der Waals surface area contributed by atoms with Gasteiger partial charge in [0, 0.05) is 25.1 Å². The average molecular weight is 403 g/mol. The van der Waals surface area contributed by atoms with Crippen molar-refractivity contribution < 1.29 is 17.9 Å². The van der Waals surface area contributed by atoms with E-state index >= 15 is 0 Å². The minimum Gasteiger partial charge on any atom is -0.488 e. The van der Waals surface area contributed by atoms with Crippen LogP contribution in [-0.2, 0) is 16.4 Å². The van der Waals surface area contributed by atoms with Crippen LogP contribution < -0.4 is 10.1 Å². The highest BCUT2D eigenvalue weighted by Gasteiger charge is 2.25. The first kappa shape index (κ1) is 20.4. The molecule has 28 heavy (non-hydrogen) atoms. The summed E-state index contributed by atoms with van der Waals surface area (Å²) < 4.78 is 32.7. The van der Waals surface area contributed by atoms with Gasteiger partial charge in [0.2, 0.25) is 10.0 Å². The summed E-state index contributed by atoms with van der Waals surface area (Å²) >= 11 is 0. The van der Waals surface area contributed by atoms with Crippen LogP contribution >= 0.6 is 0 Å². The van der Waals surface area contributed by atoms with Crippen molar-refractivity contribution in [2.75, 3.05) is 19.6 Å². The Labute approximate surface area is 166 Å². The maximum atomic E-state index is 12.7. The molecule has 150 valence electrons. The van der Waals surface area contributed by atoms with E-state index in [1.54, 1.807) is 32.9 Å². The van der Waals surface area contributed by atoms with Crippen molar-refractivity contribution in [3.63, 3.8) is 0 Å². The van der Waals surface area contributed by atoms with Crippen LogP contribution in [0.1, 0.15) is 35.3 Å². The van der Waals surface area contributed by atoms with E-state index in [1.807, 2.05) is 24.3 Å². The van der Waals surface area contributed by atoms with E-state index in [0.717, 1.165) is 23.3 Å². The van der Waals surface area contributed by atoms with Gasteiger partial charge in [-0.1, -0.05) is 38.1 Å². The lowest BCUT2D eigenvalue weighted by Crippen LogP contribution is -2.35. The van der Waals surface area contributed by atoms with E-state index in [4.69, 9.17) is 4.74 Å². The summed E-state index contributed by atoms with van der Waals surface area (Å²) in [7, 11) is -3.61. The Balaban J connectivity index is 1.72. The number of carbonyl (C=O) groups excluding carboxylic acids is 1. The molecule has 0 aliphatic carbocycles. The van der Waals surface area contributed by atoms with Gasteiger partial charge in [-0.15, -0.1) is 0 Å². The zero-order valence-corrected chi connectivity index (χ0v) is 17.3. The van der Waals surface area contributed by atoms with Gasteiger partial charge in [-0.05, 0) is 36.2 Å². The standard InChI is InChI=1S/C21H26N2O4S/c1-4-23(5-2)28(25,26)18-11-10-15(3)19(13-18)21(24)22-14-17-12-16-8-6-7-9-20(16)27-17/h6-11,13,17H,4-5,12,14H2,1-3H3,(H,22,24). The van der Waals surface area contributed by atoms with Crippen molar-refractivity contribution in [3.05, 3.63) is 59.2 Å². The quantitative estimate of drug-likeness (QED) is 0.773. The van der Waals surface area contributed by atoms with Crippen LogP contribution in [0.4, 0.5) is 0 Å². The third kappa shape index (κ3) is 4.05. The number of hydrogen-bond acceptors (Lipinski definition) is 4. The second kappa shape index (κ2) is 8.32. The summed E-state index contributed by atoms with van der Waals surface area (Å²) in [5, 5.41) is 2.88.